The fourth-order valence-electron chi connectivity index (χ4n) is 0.815. The number of carbonyl (C=O) groups excluding carboxylic acids is 2. The lowest BCUT2D eigenvalue weighted by atomic mass is 10.2. The Hall–Kier alpha value is -1.33. The van der Waals surface area contributed by atoms with Gasteiger partial charge in [0.2, 0.25) is 5.91 Å². The molecule has 0 bridgehead atoms. The summed E-state index contributed by atoms with van der Waals surface area (Å²) in [5, 5.41) is 2.57. The number of amides is 2. The molecule has 0 saturated heterocycles. The lowest BCUT2D eigenvalue weighted by Gasteiger charge is -2.03. The summed E-state index contributed by atoms with van der Waals surface area (Å²) < 4.78 is 0. The first-order valence-electron chi connectivity index (χ1n) is 3.88. The highest BCUT2D eigenvalue weighted by Gasteiger charge is 2.09. The van der Waals surface area contributed by atoms with E-state index in [0.717, 1.165) is 0 Å². The van der Waals surface area contributed by atoms with Crippen molar-refractivity contribution in [1.29, 1.82) is 0 Å². The molecule has 0 saturated carbocycles. The third-order valence-electron chi connectivity index (χ3n) is 1.48. The van der Waals surface area contributed by atoms with Gasteiger partial charge in [-0.3, -0.25) is 9.59 Å². The Bertz CT molecular complexity index is 409. The van der Waals surface area contributed by atoms with Crippen molar-refractivity contribution < 1.29 is 9.59 Å². The second kappa shape index (κ2) is 4.95. The van der Waals surface area contributed by atoms with Crippen molar-refractivity contribution in [3.8, 4) is 0 Å². The number of nitrogens with two attached hydrogens (primary N) is 1. The van der Waals surface area contributed by atoms with Crippen molar-refractivity contribution in [2.75, 3.05) is 6.54 Å². The van der Waals surface area contributed by atoms with Crippen LogP contribution in [0.2, 0.25) is 10.2 Å². The summed E-state index contributed by atoms with van der Waals surface area (Å²) in [6.07, 6.45) is 1.25. The first-order chi connectivity index (χ1) is 7.00. The number of hydrogen-bond donors (Lipinski definition) is 2. The highest BCUT2D eigenvalue weighted by atomic mass is 35.5. The zero-order valence-electron chi connectivity index (χ0n) is 7.46. The summed E-state index contributed by atoms with van der Waals surface area (Å²) in [4.78, 5) is 25.4. The Morgan fingerprint density at radius 1 is 1.47 bits per heavy atom. The molecule has 15 heavy (non-hydrogen) atoms. The molecule has 0 radical (unpaired) electrons. The van der Waals surface area contributed by atoms with Crippen LogP contribution in [0, 0.1) is 0 Å². The van der Waals surface area contributed by atoms with Gasteiger partial charge >= 0.3 is 0 Å². The molecule has 1 aromatic rings. The molecule has 80 valence electrons. The molecule has 0 atom stereocenters. The van der Waals surface area contributed by atoms with E-state index in [9.17, 15) is 9.59 Å². The lowest BCUT2D eigenvalue weighted by Crippen LogP contribution is -2.33. The average Bonchev–Trinajstić information content (AvgIpc) is 2.18. The topological polar surface area (TPSA) is 85.1 Å². The molecule has 0 aliphatic carbocycles. The van der Waals surface area contributed by atoms with Gasteiger partial charge in [-0.25, -0.2) is 4.98 Å². The van der Waals surface area contributed by atoms with Crippen LogP contribution in [0.4, 0.5) is 0 Å². The predicted octanol–water partition coefficient (Wildman–Crippen LogP) is 0.603. The number of aromatic nitrogens is 1. The van der Waals surface area contributed by atoms with Gasteiger partial charge in [-0.1, -0.05) is 23.2 Å². The zero-order valence-corrected chi connectivity index (χ0v) is 8.97. The van der Waals surface area contributed by atoms with Crippen LogP contribution >= 0.6 is 23.2 Å². The number of pyridine rings is 1. The van der Waals surface area contributed by atoms with Crippen molar-refractivity contribution in [2.24, 2.45) is 5.73 Å². The van der Waals surface area contributed by atoms with Crippen LogP contribution in [0.1, 0.15) is 10.4 Å². The van der Waals surface area contributed by atoms with Gasteiger partial charge in [0.1, 0.15) is 5.15 Å². The third kappa shape index (κ3) is 3.38. The Balaban J connectivity index is 2.74. The third-order valence-corrected chi connectivity index (χ3v) is 2.17. The van der Waals surface area contributed by atoms with Crippen LogP contribution in [0.25, 0.3) is 0 Å². The molecule has 0 fully saturated rings. The summed E-state index contributed by atoms with van der Waals surface area (Å²) in [6.45, 7) is -0.237. The molecule has 0 unspecified atom stereocenters. The second-order valence-electron chi connectivity index (χ2n) is 2.65. The van der Waals surface area contributed by atoms with Crippen LogP contribution < -0.4 is 11.1 Å². The largest absolute Gasteiger partial charge is 0.368 e. The monoisotopic (exact) mass is 247 g/mol. The number of halogens is 2. The molecule has 7 heteroatoms. The van der Waals surface area contributed by atoms with Gasteiger partial charge in [-0.2, -0.15) is 0 Å². The van der Waals surface area contributed by atoms with E-state index in [1.54, 1.807) is 0 Å². The Morgan fingerprint density at radius 3 is 2.67 bits per heavy atom. The summed E-state index contributed by atoms with van der Waals surface area (Å²) in [5.41, 5.74) is 5.07. The molecule has 0 aromatic carbocycles. The van der Waals surface area contributed by atoms with Crippen molar-refractivity contribution >= 4 is 35.0 Å². The number of nitrogens with zero attached hydrogens (tertiary/aromatic N) is 1. The lowest BCUT2D eigenvalue weighted by molar-refractivity contribution is -0.117. The number of rotatable bonds is 3. The molecule has 2 amide bonds. The van der Waals surface area contributed by atoms with E-state index < -0.39 is 11.8 Å². The number of primary amides is 1. The van der Waals surface area contributed by atoms with Gasteiger partial charge in [-0.15, -0.1) is 0 Å². The van der Waals surface area contributed by atoms with E-state index in [-0.39, 0.29) is 22.3 Å². The van der Waals surface area contributed by atoms with E-state index in [0.29, 0.717) is 0 Å². The molecule has 1 heterocycles. The smallest absolute Gasteiger partial charge is 0.253 e. The van der Waals surface area contributed by atoms with Gasteiger partial charge in [0.25, 0.3) is 5.91 Å². The first-order valence-corrected chi connectivity index (χ1v) is 4.64. The van der Waals surface area contributed by atoms with Gasteiger partial charge in [-0.05, 0) is 6.07 Å². The van der Waals surface area contributed by atoms with Crippen LogP contribution in [-0.4, -0.2) is 23.3 Å². The number of nitrogens with one attached hydrogen (secondary N) is 1. The number of carbonyl (C=O) groups is 2. The Morgan fingerprint density at radius 2 is 2.13 bits per heavy atom. The molecule has 0 spiro atoms. The molecule has 1 rings (SSSR count). The Kier molecular flexibility index (Phi) is 3.88. The quantitative estimate of drug-likeness (QED) is 0.768. The predicted molar refractivity (Wildman–Crippen MR) is 55.8 cm³/mol. The zero-order chi connectivity index (χ0) is 11.4. The molecular formula is C8H7Cl2N3O2. The van der Waals surface area contributed by atoms with Crippen LogP contribution in [-0.2, 0) is 4.79 Å². The minimum absolute atomic E-state index is 0.114. The van der Waals surface area contributed by atoms with Crippen LogP contribution in [0.15, 0.2) is 12.3 Å². The summed E-state index contributed by atoms with van der Waals surface area (Å²) >= 11 is 11.2. The molecule has 0 aliphatic rings. The van der Waals surface area contributed by atoms with Gasteiger partial charge in [0.05, 0.1) is 17.1 Å². The van der Waals surface area contributed by atoms with E-state index in [2.05, 4.69) is 10.3 Å². The fraction of sp³-hybridized carbons (Fsp3) is 0.125. The SMILES string of the molecule is NC(=O)CNC(=O)c1cnc(Cl)c(Cl)c1. The molecule has 3 N–H and O–H groups in total. The minimum atomic E-state index is -0.628. The second-order valence-corrected chi connectivity index (χ2v) is 3.41. The van der Waals surface area contributed by atoms with Gasteiger partial charge < -0.3 is 11.1 Å². The van der Waals surface area contributed by atoms with Gasteiger partial charge in [0, 0.05) is 6.20 Å². The van der Waals surface area contributed by atoms with E-state index >= 15 is 0 Å². The maximum Gasteiger partial charge on any atom is 0.253 e. The fourth-order valence-corrected chi connectivity index (χ4v) is 1.08. The van der Waals surface area contributed by atoms with Crippen molar-refractivity contribution in [1.82, 2.24) is 10.3 Å². The average molecular weight is 248 g/mol. The van der Waals surface area contributed by atoms with E-state index in [1.165, 1.54) is 12.3 Å². The van der Waals surface area contributed by atoms with Crippen molar-refractivity contribution in [3.05, 3.63) is 28.0 Å². The maximum absolute atomic E-state index is 11.4. The van der Waals surface area contributed by atoms with Gasteiger partial charge in [0.15, 0.2) is 0 Å². The van der Waals surface area contributed by atoms with Crippen LogP contribution in [0.5, 0.6) is 0 Å². The maximum atomic E-state index is 11.4. The molecule has 1 aromatic heterocycles. The van der Waals surface area contributed by atoms with Crippen molar-refractivity contribution in [3.63, 3.8) is 0 Å². The number of hydrogen-bond acceptors (Lipinski definition) is 3. The first kappa shape index (κ1) is 11.7. The molecular weight excluding hydrogens is 241 g/mol. The standard InChI is InChI=1S/C8H7Cl2N3O2/c9-5-1-4(2-12-7(5)10)8(15)13-3-6(11)14/h1-2H,3H2,(H2,11,14)(H,13,15). The molecule has 5 nitrogen and oxygen atoms in total. The van der Waals surface area contributed by atoms with E-state index in [4.69, 9.17) is 28.9 Å². The Labute approximate surface area is 95.6 Å². The highest BCUT2D eigenvalue weighted by Crippen LogP contribution is 2.19. The van der Waals surface area contributed by atoms with E-state index in [1.807, 2.05) is 0 Å². The van der Waals surface area contributed by atoms with Crippen molar-refractivity contribution in [2.45, 2.75) is 0 Å². The minimum Gasteiger partial charge on any atom is -0.368 e. The summed E-state index contributed by atoms with van der Waals surface area (Å²) in [7, 11) is 0. The van der Waals surface area contributed by atoms with Crippen LogP contribution in [0.3, 0.4) is 0 Å². The summed E-state index contributed by atoms with van der Waals surface area (Å²) in [5.74, 6) is -1.11. The highest BCUT2D eigenvalue weighted by molar-refractivity contribution is 6.41. The normalized spacial score (nSPS) is 9.73. The summed E-state index contributed by atoms with van der Waals surface area (Å²) in [6, 6.07) is 1.35. The molecule has 0 aliphatic heterocycles.